The van der Waals surface area contributed by atoms with Gasteiger partial charge in [-0.15, -0.1) is 0 Å². The van der Waals surface area contributed by atoms with Gasteiger partial charge < -0.3 is 10.1 Å². The first-order valence-corrected chi connectivity index (χ1v) is 10.2. The lowest BCUT2D eigenvalue weighted by Gasteiger charge is -2.35. The first kappa shape index (κ1) is 18.9. The van der Waals surface area contributed by atoms with Gasteiger partial charge in [0.15, 0.2) is 0 Å². The summed E-state index contributed by atoms with van der Waals surface area (Å²) in [6.07, 6.45) is 1.14. The summed E-state index contributed by atoms with van der Waals surface area (Å²) in [6, 6.07) is 8.36. The Hall–Kier alpha value is -1.44. The van der Waals surface area contributed by atoms with Crippen LogP contribution < -0.4 is 5.32 Å². The van der Waals surface area contributed by atoms with Crippen LogP contribution in [0.1, 0.15) is 23.6 Å². The number of sulfone groups is 1. The van der Waals surface area contributed by atoms with E-state index in [-0.39, 0.29) is 24.1 Å². The molecule has 1 aromatic rings. The second-order valence-electron chi connectivity index (χ2n) is 6.26. The fraction of sp³-hybridized carbons (Fsp3) is 0.588. The second kappa shape index (κ2) is 8.60. The van der Waals surface area contributed by atoms with Crippen molar-refractivity contribution in [2.24, 2.45) is 0 Å². The summed E-state index contributed by atoms with van der Waals surface area (Å²) in [5.41, 5.74) is 2.34. The van der Waals surface area contributed by atoms with Crippen LogP contribution in [0.2, 0.25) is 0 Å². The number of carbonyl (C=O) groups is 1. The average molecular weight is 354 g/mol. The largest absolute Gasteiger partial charge is 0.379 e. The number of aryl methyl sites for hydroxylation is 1. The van der Waals surface area contributed by atoms with Crippen LogP contribution in [0.3, 0.4) is 0 Å². The third kappa shape index (κ3) is 6.22. The maximum Gasteiger partial charge on any atom is 0.221 e. The molecule has 134 valence electrons. The molecule has 1 N–H and O–H groups in total. The van der Waals surface area contributed by atoms with Gasteiger partial charge in [0.2, 0.25) is 5.91 Å². The Bertz CT molecular complexity index is 637. The van der Waals surface area contributed by atoms with Gasteiger partial charge in [0.05, 0.1) is 25.0 Å². The van der Waals surface area contributed by atoms with Gasteiger partial charge in [0.1, 0.15) is 9.84 Å². The smallest absolute Gasteiger partial charge is 0.221 e. The Morgan fingerprint density at radius 2 is 1.88 bits per heavy atom. The van der Waals surface area contributed by atoms with Gasteiger partial charge in [0.25, 0.3) is 0 Å². The van der Waals surface area contributed by atoms with Gasteiger partial charge in [-0.3, -0.25) is 9.69 Å². The van der Waals surface area contributed by atoms with Crippen LogP contribution in [-0.4, -0.2) is 64.1 Å². The van der Waals surface area contributed by atoms with E-state index in [1.807, 2.05) is 6.92 Å². The third-order valence-corrected chi connectivity index (χ3v) is 5.09. The molecular formula is C17H26N2O4S. The highest BCUT2D eigenvalue weighted by atomic mass is 32.2. The Labute approximate surface area is 144 Å². The van der Waals surface area contributed by atoms with Crippen LogP contribution in [0.5, 0.6) is 0 Å². The molecule has 0 radical (unpaired) electrons. The fourth-order valence-electron chi connectivity index (χ4n) is 2.71. The summed E-state index contributed by atoms with van der Waals surface area (Å²) in [4.78, 5) is 14.2. The van der Waals surface area contributed by atoms with Crippen molar-refractivity contribution in [3.63, 3.8) is 0 Å². The molecule has 1 aromatic carbocycles. The highest BCUT2D eigenvalue weighted by molar-refractivity contribution is 7.90. The molecule has 0 bridgehead atoms. The minimum absolute atomic E-state index is 0.00254. The summed E-state index contributed by atoms with van der Waals surface area (Å²) >= 11 is 0. The van der Waals surface area contributed by atoms with Crippen LogP contribution in [0.15, 0.2) is 24.3 Å². The Balaban J connectivity index is 2.00. The molecule has 7 heteroatoms. The maximum atomic E-state index is 11.9. The number of nitrogens with one attached hydrogen (secondary N) is 1. The zero-order valence-electron chi connectivity index (χ0n) is 14.3. The number of rotatable bonds is 7. The molecule has 6 nitrogen and oxygen atoms in total. The van der Waals surface area contributed by atoms with Crippen LogP contribution in [0, 0.1) is 6.92 Å². The molecule has 0 spiro atoms. The summed E-state index contributed by atoms with van der Waals surface area (Å²) in [7, 11) is -3.12. The van der Waals surface area contributed by atoms with Crippen molar-refractivity contribution >= 4 is 15.7 Å². The maximum absolute atomic E-state index is 11.9. The van der Waals surface area contributed by atoms with Gasteiger partial charge in [0, 0.05) is 32.3 Å². The molecule has 2 rings (SSSR count). The van der Waals surface area contributed by atoms with Crippen molar-refractivity contribution < 1.29 is 17.9 Å². The van der Waals surface area contributed by atoms with Crippen molar-refractivity contribution in [3.8, 4) is 0 Å². The van der Waals surface area contributed by atoms with E-state index in [9.17, 15) is 13.2 Å². The van der Waals surface area contributed by atoms with E-state index in [0.717, 1.165) is 24.9 Å². The number of hydrogen-bond donors (Lipinski definition) is 1. The van der Waals surface area contributed by atoms with E-state index in [1.54, 1.807) is 0 Å². The summed E-state index contributed by atoms with van der Waals surface area (Å²) in [6.45, 7) is 5.51. The van der Waals surface area contributed by atoms with E-state index in [4.69, 9.17) is 4.74 Å². The van der Waals surface area contributed by atoms with Gasteiger partial charge >= 0.3 is 0 Å². The molecule has 1 fully saturated rings. The number of nitrogens with zero attached hydrogens (tertiary/aromatic N) is 1. The Kier molecular flexibility index (Phi) is 6.77. The molecule has 24 heavy (non-hydrogen) atoms. The van der Waals surface area contributed by atoms with Crippen LogP contribution in [0.25, 0.3) is 0 Å². The first-order valence-electron chi connectivity index (χ1n) is 8.18. The minimum atomic E-state index is -3.12. The first-order chi connectivity index (χ1) is 11.3. The molecular weight excluding hydrogens is 328 g/mol. The number of benzene rings is 1. The average Bonchev–Trinajstić information content (AvgIpc) is 2.55. The SMILES string of the molecule is Cc1ccc(C(CNC(=O)CCS(C)(=O)=O)N2CCOCC2)cc1. The third-order valence-electron chi connectivity index (χ3n) is 4.14. The van der Waals surface area contributed by atoms with Crippen LogP contribution in [-0.2, 0) is 19.4 Å². The molecule has 1 aliphatic heterocycles. The Morgan fingerprint density at radius 3 is 2.46 bits per heavy atom. The van der Waals surface area contributed by atoms with Crippen molar-refractivity contribution in [3.05, 3.63) is 35.4 Å². The molecule has 0 aliphatic carbocycles. The Morgan fingerprint density at radius 1 is 1.25 bits per heavy atom. The molecule has 1 atom stereocenters. The van der Waals surface area contributed by atoms with Gasteiger partial charge in [-0.05, 0) is 12.5 Å². The number of ether oxygens (including phenoxy) is 1. The molecule has 1 saturated heterocycles. The fourth-order valence-corrected chi connectivity index (χ4v) is 3.27. The highest BCUT2D eigenvalue weighted by Gasteiger charge is 2.23. The van der Waals surface area contributed by atoms with Crippen molar-refractivity contribution in [1.82, 2.24) is 10.2 Å². The van der Waals surface area contributed by atoms with Gasteiger partial charge in [-0.2, -0.15) is 0 Å². The zero-order chi connectivity index (χ0) is 17.6. The van der Waals surface area contributed by atoms with E-state index in [1.165, 1.54) is 5.56 Å². The minimum Gasteiger partial charge on any atom is -0.379 e. The topological polar surface area (TPSA) is 75.7 Å². The lowest BCUT2D eigenvalue weighted by atomic mass is 10.0. The number of morpholine rings is 1. The lowest BCUT2D eigenvalue weighted by molar-refractivity contribution is -0.121. The molecule has 1 aliphatic rings. The van der Waals surface area contributed by atoms with Crippen molar-refractivity contribution in [2.75, 3.05) is 44.9 Å². The number of carbonyl (C=O) groups excluding carboxylic acids is 1. The van der Waals surface area contributed by atoms with E-state index < -0.39 is 9.84 Å². The number of hydrogen-bond acceptors (Lipinski definition) is 5. The van der Waals surface area contributed by atoms with Crippen molar-refractivity contribution in [1.29, 1.82) is 0 Å². The van der Waals surface area contributed by atoms with Crippen LogP contribution in [0.4, 0.5) is 0 Å². The van der Waals surface area contributed by atoms with Crippen molar-refractivity contribution in [2.45, 2.75) is 19.4 Å². The summed E-state index contributed by atoms with van der Waals surface area (Å²) in [5.74, 6) is -0.350. The monoisotopic (exact) mass is 354 g/mol. The van der Waals surface area contributed by atoms with Gasteiger partial charge in [-0.1, -0.05) is 29.8 Å². The van der Waals surface area contributed by atoms with E-state index in [0.29, 0.717) is 19.8 Å². The summed E-state index contributed by atoms with van der Waals surface area (Å²) < 4.78 is 27.8. The normalized spacial score (nSPS) is 17.4. The zero-order valence-corrected chi connectivity index (χ0v) is 15.1. The standard InChI is InChI=1S/C17H26N2O4S/c1-14-3-5-15(6-4-14)16(19-8-10-23-11-9-19)13-18-17(20)7-12-24(2,21)22/h3-6,16H,7-13H2,1-2H3,(H,18,20). The molecule has 1 amide bonds. The predicted molar refractivity (Wildman–Crippen MR) is 93.6 cm³/mol. The molecule has 1 unspecified atom stereocenters. The predicted octanol–water partition coefficient (Wildman–Crippen LogP) is 0.919. The van der Waals surface area contributed by atoms with E-state index >= 15 is 0 Å². The lowest BCUT2D eigenvalue weighted by Crippen LogP contribution is -2.44. The van der Waals surface area contributed by atoms with E-state index in [2.05, 4.69) is 34.5 Å². The van der Waals surface area contributed by atoms with Gasteiger partial charge in [-0.25, -0.2) is 8.42 Å². The second-order valence-corrected chi connectivity index (χ2v) is 8.52. The summed E-state index contributed by atoms with van der Waals surface area (Å²) in [5, 5.41) is 2.88. The highest BCUT2D eigenvalue weighted by Crippen LogP contribution is 2.21. The molecule has 1 heterocycles. The quantitative estimate of drug-likeness (QED) is 0.788. The number of amides is 1. The molecule has 0 saturated carbocycles. The molecule has 0 aromatic heterocycles. The van der Waals surface area contributed by atoms with Crippen LogP contribution >= 0.6 is 0 Å².